The SMILES string of the molecule is Cc1nc(C)c(C(=O)OC(C)C)c(C2CCNCC2)n1. The smallest absolute Gasteiger partial charge is 0.342 e. The first kappa shape index (κ1) is 14.9. The number of ether oxygens (including phenoxy) is 1. The molecule has 1 saturated heterocycles. The second-order valence-corrected chi connectivity index (χ2v) is 5.59. The Balaban J connectivity index is 2.39. The molecule has 0 amide bonds. The average molecular weight is 277 g/mol. The monoisotopic (exact) mass is 277 g/mol. The fourth-order valence-corrected chi connectivity index (χ4v) is 2.66. The number of aromatic nitrogens is 2. The van der Waals surface area contributed by atoms with Gasteiger partial charge in [-0.25, -0.2) is 14.8 Å². The normalized spacial score (nSPS) is 16.4. The van der Waals surface area contributed by atoms with Gasteiger partial charge in [0, 0.05) is 5.92 Å². The Morgan fingerprint density at radius 1 is 1.25 bits per heavy atom. The average Bonchev–Trinajstić information content (AvgIpc) is 2.37. The molecule has 1 aliphatic heterocycles. The van der Waals surface area contributed by atoms with Crippen LogP contribution in [0, 0.1) is 13.8 Å². The van der Waals surface area contributed by atoms with Gasteiger partial charge in [-0.05, 0) is 53.6 Å². The summed E-state index contributed by atoms with van der Waals surface area (Å²) in [6.45, 7) is 9.36. The van der Waals surface area contributed by atoms with Gasteiger partial charge in [-0.2, -0.15) is 0 Å². The molecule has 1 aliphatic rings. The van der Waals surface area contributed by atoms with Crippen molar-refractivity contribution in [3.8, 4) is 0 Å². The van der Waals surface area contributed by atoms with Crippen molar-refractivity contribution in [2.75, 3.05) is 13.1 Å². The topological polar surface area (TPSA) is 64.1 Å². The van der Waals surface area contributed by atoms with Crippen LogP contribution in [0.3, 0.4) is 0 Å². The van der Waals surface area contributed by atoms with Crippen LogP contribution in [-0.2, 0) is 4.74 Å². The summed E-state index contributed by atoms with van der Waals surface area (Å²) < 4.78 is 5.35. The molecule has 1 aromatic heterocycles. The molecule has 110 valence electrons. The molecule has 5 heteroatoms. The predicted octanol–water partition coefficient (Wildman–Crippen LogP) is 2.13. The van der Waals surface area contributed by atoms with Crippen molar-refractivity contribution in [3.63, 3.8) is 0 Å². The molecule has 0 aliphatic carbocycles. The van der Waals surface area contributed by atoms with Crippen LogP contribution in [0.1, 0.15) is 60.2 Å². The number of carbonyl (C=O) groups excluding carboxylic acids is 1. The quantitative estimate of drug-likeness (QED) is 0.857. The van der Waals surface area contributed by atoms with Crippen LogP contribution in [0.2, 0.25) is 0 Å². The number of hydrogen-bond donors (Lipinski definition) is 1. The highest BCUT2D eigenvalue weighted by Crippen LogP contribution is 2.28. The zero-order valence-electron chi connectivity index (χ0n) is 12.7. The fraction of sp³-hybridized carbons (Fsp3) is 0.667. The molecule has 1 aromatic rings. The van der Waals surface area contributed by atoms with Gasteiger partial charge in [0.05, 0.1) is 17.5 Å². The lowest BCUT2D eigenvalue weighted by molar-refractivity contribution is 0.0373. The molecule has 1 fully saturated rings. The molecular formula is C15H23N3O2. The summed E-state index contributed by atoms with van der Waals surface area (Å²) in [4.78, 5) is 21.2. The summed E-state index contributed by atoms with van der Waals surface area (Å²) in [5, 5.41) is 3.34. The lowest BCUT2D eigenvalue weighted by Crippen LogP contribution is -2.29. The van der Waals surface area contributed by atoms with Crippen LogP contribution in [0.25, 0.3) is 0 Å². The lowest BCUT2D eigenvalue weighted by atomic mass is 9.90. The second-order valence-electron chi connectivity index (χ2n) is 5.59. The van der Waals surface area contributed by atoms with Crippen molar-refractivity contribution in [2.45, 2.75) is 52.6 Å². The molecule has 0 unspecified atom stereocenters. The minimum atomic E-state index is -0.300. The fourth-order valence-electron chi connectivity index (χ4n) is 2.66. The number of hydrogen-bond acceptors (Lipinski definition) is 5. The number of carbonyl (C=O) groups is 1. The summed E-state index contributed by atoms with van der Waals surface area (Å²) in [7, 11) is 0. The highest BCUT2D eigenvalue weighted by Gasteiger charge is 2.26. The van der Waals surface area contributed by atoms with E-state index in [1.54, 1.807) is 0 Å². The van der Waals surface area contributed by atoms with Gasteiger partial charge >= 0.3 is 5.97 Å². The van der Waals surface area contributed by atoms with Crippen molar-refractivity contribution in [2.24, 2.45) is 0 Å². The van der Waals surface area contributed by atoms with Crippen LogP contribution in [-0.4, -0.2) is 35.1 Å². The molecule has 0 aromatic carbocycles. The number of nitrogens with one attached hydrogen (secondary N) is 1. The third kappa shape index (κ3) is 3.33. The standard InChI is InChI=1S/C15H23N3O2/c1-9(2)20-15(19)13-10(3)17-11(4)18-14(13)12-5-7-16-8-6-12/h9,12,16H,5-8H2,1-4H3. The molecule has 2 rings (SSSR count). The molecule has 20 heavy (non-hydrogen) atoms. The van der Waals surface area contributed by atoms with Gasteiger partial charge in [-0.1, -0.05) is 0 Å². The maximum absolute atomic E-state index is 12.3. The first-order chi connectivity index (χ1) is 9.49. The Hall–Kier alpha value is -1.49. The molecule has 0 radical (unpaired) electrons. The van der Waals surface area contributed by atoms with E-state index in [9.17, 15) is 4.79 Å². The molecule has 0 saturated carbocycles. The summed E-state index contributed by atoms with van der Waals surface area (Å²) in [6.07, 6.45) is 1.86. The van der Waals surface area contributed by atoms with E-state index in [2.05, 4.69) is 15.3 Å². The third-order valence-electron chi connectivity index (χ3n) is 3.50. The molecule has 0 atom stereocenters. The molecule has 0 bridgehead atoms. The Labute approximate surface area is 120 Å². The van der Waals surface area contributed by atoms with Gasteiger partial charge in [0.15, 0.2) is 0 Å². The highest BCUT2D eigenvalue weighted by molar-refractivity contribution is 5.92. The van der Waals surface area contributed by atoms with Crippen molar-refractivity contribution in [3.05, 3.63) is 22.8 Å². The molecule has 5 nitrogen and oxygen atoms in total. The van der Waals surface area contributed by atoms with E-state index in [-0.39, 0.29) is 12.1 Å². The van der Waals surface area contributed by atoms with E-state index < -0.39 is 0 Å². The minimum absolute atomic E-state index is 0.135. The van der Waals surface area contributed by atoms with E-state index in [1.807, 2.05) is 27.7 Å². The van der Waals surface area contributed by atoms with Gasteiger partial charge in [0.1, 0.15) is 11.4 Å². The van der Waals surface area contributed by atoms with Crippen molar-refractivity contribution in [1.82, 2.24) is 15.3 Å². The van der Waals surface area contributed by atoms with E-state index in [0.717, 1.165) is 43.1 Å². The number of aryl methyl sites for hydroxylation is 2. The number of nitrogens with zero attached hydrogens (tertiary/aromatic N) is 2. The van der Waals surface area contributed by atoms with E-state index in [4.69, 9.17) is 4.74 Å². The van der Waals surface area contributed by atoms with Crippen LogP contribution < -0.4 is 5.32 Å². The molecular weight excluding hydrogens is 254 g/mol. The summed E-state index contributed by atoms with van der Waals surface area (Å²) in [5.41, 5.74) is 2.15. The molecule has 1 N–H and O–H groups in total. The van der Waals surface area contributed by atoms with Gasteiger partial charge in [0.25, 0.3) is 0 Å². The summed E-state index contributed by atoms with van der Waals surface area (Å²) in [6, 6.07) is 0. The van der Waals surface area contributed by atoms with Crippen LogP contribution in [0.4, 0.5) is 0 Å². The minimum Gasteiger partial charge on any atom is -0.459 e. The van der Waals surface area contributed by atoms with Crippen molar-refractivity contribution >= 4 is 5.97 Å². The zero-order valence-corrected chi connectivity index (χ0v) is 12.7. The number of rotatable bonds is 3. The largest absolute Gasteiger partial charge is 0.459 e. The Morgan fingerprint density at radius 2 is 1.90 bits per heavy atom. The lowest BCUT2D eigenvalue weighted by Gasteiger charge is -2.24. The van der Waals surface area contributed by atoms with Crippen LogP contribution in [0.15, 0.2) is 0 Å². The molecule has 2 heterocycles. The van der Waals surface area contributed by atoms with Gasteiger partial charge in [0.2, 0.25) is 0 Å². The van der Waals surface area contributed by atoms with E-state index >= 15 is 0 Å². The Kier molecular flexibility index (Phi) is 4.70. The number of piperidine rings is 1. The first-order valence-electron chi connectivity index (χ1n) is 7.26. The third-order valence-corrected chi connectivity index (χ3v) is 3.50. The van der Waals surface area contributed by atoms with Crippen LogP contribution >= 0.6 is 0 Å². The van der Waals surface area contributed by atoms with Gasteiger partial charge in [-0.15, -0.1) is 0 Å². The Morgan fingerprint density at radius 3 is 2.50 bits per heavy atom. The van der Waals surface area contributed by atoms with E-state index in [0.29, 0.717) is 11.5 Å². The zero-order chi connectivity index (χ0) is 14.7. The maximum atomic E-state index is 12.3. The first-order valence-corrected chi connectivity index (χ1v) is 7.26. The molecule has 0 spiro atoms. The van der Waals surface area contributed by atoms with Crippen molar-refractivity contribution < 1.29 is 9.53 Å². The van der Waals surface area contributed by atoms with Gasteiger partial charge in [-0.3, -0.25) is 0 Å². The van der Waals surface area contributed by atoms with Crippen LogP contribution in [0.5, 0.6) is 0 Å². The predicted molar refractivity (Wildman–Crippen MR) is 76.9 cm³/mol. The number of esters is 1. The summed E-state index contributed by atoms with van der Waals surface area (Å²) in [5.74, 6) is 0.731. The second kappa shape index (κ2) is 6.31. The van der Waals surface area contributed by atoms with Gasteiger partial charge < -0.3 is 10.1 Å². The maximum Gasteiger partial charge on any atom is 0.342 e. The van der Waals surface area contributed by atoms with Crippen molar-refractivity contribution in [1.29, 1.82) is 0 Å². The highest BCUT2D eigenvalue weighted by atomic mass is 16.5. The Bertz CT molecular complexity index is 494. The van der Waals surface area contributed by atoms with E-state index in [1.165, 1.54) is 0 Å². The summed E-state index contributed by atoms with van der Waals surface area (Å²) >= 11 is 0.